The van der Waals surface area contributed by atoms with E-state index >= 15 is 0 Å². The second-order valence-electron chi connectivity index (χ2n) is 6.53. The van der Waals surface area contributed by atoms with Crippen molar-refractivity contribution in [2.75, 3.05) is 11.5 Å². The lowest BCUT2D eigenvalue weighted by Crippen LogP contribution is -2.40. The number of non-ortho nitro benzene ring substituents is 1. The summed E-state index contributed by atoms with van der Waals surface area (Å²) >= 11 is 12.1. The molecule has 1 aliphatic heterocycles. The fraction of sp³-hybridized carbons (Fsp3) is 0.278. The van der Waals surface area contributed by atoms with Crippen LogP contribution in [-0.2, 0) is 16.4 Å². The van der Waals surface area contributed by atoms with Crippen LogP contribution in [-0.4, -0.2) is 41.7 Å². The molecule has 0 aromatic heterocycles. The van der Waals surface area contributed by atoms with Gasteiger partial charge < -0.3 is 4.90 Å². The van der Waals surface area contributed by atoms with E-state index in [2.05, 4.69) is 0 Å². The number of benzene rings is 2. The van der Waals surface area contributed by atoms with Crippen LogP contribution in [0.25, 0.3) is 0 Å². The number of carbonyl (C=O) groups excluding carboxylic acids is 1. The van der Waals surface area contributed by atoms with E-state index in [1.807, 2.05) is 0 Å². The second-order valence-corrected chi connectivity index (χ2v) is 9.60. The molecule has 1 aliphatic rings. The van der Waals surface area contributed by atoms with E-state index < -0.39 is 26.7 Å². The summed E-state index contributed by atoms with van der Waals surface area (Å²) in [4.78, 5) is 24.8. The molecule has 0 bridgehead atoms. The van der Waals surface area contributed by atoms with Gasteiger partial charge in [0.2, 0.25) is 0 Å². The van der Waals surface area contributed by atoms with Crippen LogP contribution in [0.1, 0.15) is 22.3 Å². The molecular formula is C18H16Cl2N2O5S. The Hall–Kier alpha value is -2.16. The van der Waals surface area contributed by atoms with Crippen molar-refractivity contribution in [3.8, 4) is 0 Å². The molecule has 0 saturated carbocycles. The number of halogens is 2. The molecular weight excluding hydrogens is 427 g/mol. The number of nitro benzene ring substituents is 1. The average molecular weight is 443 g/mol. The van der Waals surface area contributed by atoms with Crippen LogP contribution in [0.15, 0.2) is 42.5 Å². The van der Waals surface area contributed by atoms with Crippen molar-refractivity contribution in [3.63, 3.8) is 0 Å². The third-order valence-electron chi connectivity index (χ3n) is 4.59. The Kier molecular flexibility index (Phi) is 5.92. The monoisotopic (exact) mass is 442 g/mol. The van der Waals surface area contributed by atoms with Crippen LogP contribution < -0.4 is 0 Å². The highest BCUT2D eigenvalue weighted by molar-refractivity contribution is 7.91. The highest BCUT2D eigenvalue weighted by atomic mass is 35.5. The summed E-state index contributed by atoms with van der Waals surface area (Å²) in [5, 5.41) is 11.6. The maximum Gasteiger partial charge on any atom is 0.269 e. The van der Waals surface area contributed by atoms with Crippen molar-refractivity contribution in [1.82, 2.24) is 4.90 Å². The minimum atomic E-state index is -3.22. The van der Waals surface area contributed by atoms with Crippen molar-refractivity contribution in [2.45, 2.75) is 19.0 Å². The number of amides is 1. The molecule has 1 amide bonds. The van der Waals surface area contributed by atoms with Gasteiger partial charge in [0.1, 0.15) is 0 Å². The Balaban J connectivity index is 1.93. The van der Waals surface area contributed by atoms with Crippen molar-refractivity contribution in [2.24, 2.45) is 0 Å². The number of nitrogens with zero attached hydrogens (tertiary/aromatic N) is 2. The quantitative estimate of drug-likeness (QED) is 0.518. The molecule has 0 N–H and O–H groups in total. The molecule has 1 fully saturated rings. The summed E-state index contributed by atoms with van der Waals surface area (Å²) in [6.45, 7) is 0.103. The fourth-order valence-electron chi connectivity index (χ4n) is 3.11. The lowest BCUT2D eigenvalue weighted by Gasteiger charge is -2.29. The molecule has 0 radical (unpaired) electrons. The van der Waals surface area contributed by atoms with Gasteiger partial charge in [-0.3, -0.25) is 14.9 Å². The van der Waals surface area contributed by atoms with Crippen molar-refractivity contribution < 1.29 is 18.1 Å². The van der Waals surface area contributed by atoms with Gasteiger partial charge in [0, 0.05) is 40.3 Å². The van der Waals surface area contributed by atoms with E-state index in [1.54, 1.807) is 18.2 Å². The zero-order chi connectivity index (χ0) is 20.5. The predicted molar refractivity (Wildman–Crippen MR) is 106 cm³/mol. The number of rotatable bonds is 5. The first-order valence-electron chi connectivity index (χ1n) is 8.36. The molecule has 1 saturated heterocycles. The van der Waals surface area contributed by atoms with Gasteiger partial charge in [-0.05, 0) is 36.2 Å². The zero-order valence-electron chi connectivity index (χ0n) is 14.5. The topological polar surface area (TPSA) is 97.6 Å². The summed E-state index contributed by atoms with van der Waals surface area (Å²) in [7, 11) is -3.22. The predicted octanol–water partition coefficient (Wildman–Crippen LogP) is 3.73. The van der Waals surface area contributed by atoms with Gasteiger partial charge in [-0.25, -0.2) is 8.42 Å². The highest BCUT2D eigenvalue weighted by Gasteiger charge is 2.35. The maximum atomic E-state index is 13.1. The normalized spacial score (nSPS) is 18.0. The molecule has 0 unspecified atom stereocenters. The number of carbonyl (C=O) groups is 1. The van der Waals surface area contributed by atoms with Gasteiger partial charge in [-0.2, -0.15) is 0 Å². The van der Waals surface area contributed by atoms with Gasteiger partial charge in [0.25, 0.3) is 11.6 Å². The number of hydrogen-bond acceptors (Lipinski definition) is 5. The maximum absolute atomic E-state index is 13.1. The van der Waals surface area contributed by atoms with Gasteiger partial charge in [0.05, 0.1) is 16.4 Å². The molecule has 2 aromatic carbocycles. The van der Waals surface area contributed by atoms with Gasteiger partial charge in [-0.1, -0.05) is 29.3 Å². The van der Waals surface area contributed by atoms with Crippen LogP contribution in [0.2, 0.25) is 10.0 Å². The Morgan fingerprint density at radius 3 is 2.39 bits per heavy atom. The van der Waals surface area contributed by atoms with Crippen LogP contribution in [0.5, 0.6) is 0 Å². The molecule has 0 aliphatic carbocycles. The third kappa shape index (κ3) is 4.63. The highest BCUT2D eigenvalue weighted by Crippen LogP contribution is 2.27. The smallest absolute Gasteiger partial charge is 0.269 e. The number of hydrogen-bond donors (Lipinski definition) is 0. The first-order valence-corrected chi connectivity index (χ1v) is 10.9. The van der Waals surface area contributed by atoms with E-state index in [0.717, 1.165) is 0 Å². The SMILES string of the molecule is O=C(c1ccc([N+](=O)[O-])cc1)N(Cc1ccc(Cl)cc1Cl)[C@@H]1CCS(=O)(=O)C1. The molecule has 148 valence electrons. The third-order valence-corrected chi connectivity index (χ3v) is 6.93. The van der Waals surface area contributed by atoms with E-state index in [-0.39, 0.29) is 29.3 Å². The molecule has 1 atom stereocenters. The summed E-state index contributed by atoms with van der Waals surface area (Å²) in [6.07, 6.45) is 0.326. The first kappa shape index (κ1) is 20.6. The summed E-state index contributed by atoms with van der Waals surface area (Å²) in [6, 6.07) is 9.59. The van der Waals surface area contributed by atoms with Crippen LogP contribution >= 0.6 is 23.2 Å². The molecule has 0 spiro atoms. The second kappa shape index (κ2) is 8.06. The molecule has 28 heavy (non-hydrogen) atoms. The summed E-state index contributed by atoms with van der Waals surface area (Å²) in [5.41, 5.74) is 0.734. The number of nitro groups is 1. The molecule has 2 aromatic rings. The van der Waals surface area contributed by atoms with E-state index in [9.17, 15) is 23.3 Å². The standard InChI is InChI=1S/C18H16Cl2N2O5S/c19-14-4-1-13(17(20)9-14)10-21(16-7-8-28(26,27)11-16)18(23)12-2-5-15(6-3-12)22(24)25/h1-6,9,16H,7-8,10-11H2/t16-/m1/s1. The van der Waals surface area contributed by atoms with E-state index in [1.165, 1.54) is 29.2 Å². The van der Waals surface area contributed by atoms with Crippen LogP contribution in [0, 0.1) is 10.1 Å². The van der Waals surface area contributed by atoms with Crippen LogP contribution in [0.3, 0.4) is 0 Å². The molecule has 1 heterocycles. The lowest BCUT2D eigenvalue weighted by atomic mass is 10.1. The van der Waals surface area contributed by atoms with E-state index in [4.69, 9.17) is 23.2 Å². The van der Waals surface area contributed by atoms with Gasteiger partial charge in [0.15, 0.2) is 9.84 Å². The zero-order valence-corrected chi connectivity index (χ0v) is 16.9. The fourth-order valence-corrected chi connectivity index (χ4v) is 5.31. The molecule has 7 nitrogen and oxygen atoms in total. The van der Waals surface area contributed by atoms with Crippen LogP contribution in [0.4, 0.5) is 5.69 Å². The Morgan fingerprint density at radius 2 is 1.86 bits per heavy atom. The Bertz CT molecular complexity index is 1020. The summed E-state index contributed by atoms with van der Waals surface area (Å²) < 4.78 is 23.9. The average Bonchev–Trinajstić information content (AvgIpc) is 3.00. The van der Waals surface area contributed by atoms with Gasteiger partial charge in [-0.15, -0.1) is 0 Å². The largest absolute Gasteiger partial charge is 0.330 e. The van der Waals surface area contributed by atoms with Crippen molar-refractivity contribution >= 4 is 44.6 Å². The first-order chi connectivity index (χ1) is 13.2. The summed E-state index contributed by atoms with van der Waals surface area (Å²) in [5.74, 6) is -0.532. The Morgan fingerprint density at radius 1 is 1.18 bits per heavy atom. The minimum absolute atomic E-state index is 0.00998. The number of sulfone groups is 1. The van der Waals surface area contributed by atoms with Gasteiger partial charge >= 0.3 is 0 Å². The van der Waals surface area contributed by atoms with E-state index in [0.29, 0.717) is 22.0 Å². The molecule has 10 heteroatoms. The van der Waals surface area contributed by atoms with Crippen molar-refractivity contribution in [1.29, 1.82) is 0 Å². The lowest BCUT2D eigenvalue weighted by molar-refractivity contribution is -0.384. The molecule has 3 rings (SSSR count). The van der Waals surface area contributed by atoms with Crippen molar-refractivity contribution in [3.05, 3.63) is 73.8 Å². The minimum Gasteiger partial charge on any atom is -0.330 e. The Labute approximate surface area is 171 Å².